The molecule has 2 heterocycles. The lowest BCUT2D eigenvalue weighted by atomic mass is 10.1. The third kappa shape index (κ3) is 6.41. The van der Waals surface area contributed by atoms with Crippen LogP contribution in [-0.2, 0) is 18.4 Å². The molecule has 6 nitrogen and oxygen atoms in total. The molecule has 0 spiro atoms. The number of nitrogens with two attached hydrogens (primary N) is 1. The third-order valence-electron chi connectivity index (χ3n) is 4.26. The first kappa shape index (κ1) is 25.7. The number of rotatable bonds is 4. The van der Waals surface area contributed by atoms with Gasteiger partial charge in [-0.25, -0.2) is 0 Å². The monoisotopic (exact) mass is 401 g/mol. The van der Waals surface area contributed by atoms with Gasteiger partial charge in [-0.1, -0.05) is 0 Å². The smallest absolute Gasteiger partial charge is 0.224 e. The van der Waals surface area contributed by atoms with E-state index in [1.165, 1.54) is 11.3 Å². The van der Waals surface area contributed by atoms with Crippen molar-refractivity contribution in [1.82, 2.24) is 19.6 Å². The highest BCUT2D eigenvalue weighted by Gasteiger charge is 2.23. The summed E-state index contributed by atoms with van der Waals surface area (Å²) >= 11 is 0. The van der Waals surface area contributed by atoms with Crippen LogP contribution in [-0.4, -0.2) is 57.7 Å². The van der Waals surface area contributed by atoms with Gasteiger partial charge in [0.25, 0.3) is 0 Å². The molecule has 1 amide bonds. The van der Waals surface area contributed by atoms with E-state index in [2.05, 4.69) is 23.8 Å². The van der Waals surface area contributed by atoms with E-state index >= 15 is 0 Å². The molecule has 24 heavy (non-hydrogen) atoms. The lowest BCUT2D eigenvalue weighted by molar-refractivity contribution is -0.133. The maximum atomic E-state index is 12.0. The summed E-state index contributed by atoms with van der Waals surface area (Å²) in [4.78, 5) is 16.3. The maximum Gasteiger partial charge on any atom is 0.224 e. The molecule has 9 heteroatoms. The van der Waals surface area contributed by atoms with Crippen LogP contribution >= 0.6 is 37.2 Å². The van der Waals surface area contributed by atoms with Crippen molar-refractivity contribution in [2.45, 2.75) is 39.8 Å². The van der Waals surface area contributed by atoms with Gasteiger partial charge < -0.3 is 10.6 Å². The summed E-state index contributed by atoms with van der Waals surface area (Å²) in [7, 11) is 1.98. The quantitative estimate of drug-likeness (QED) is 0.832. The first-order valence-corrected chi connectivity index (χ1v) is 7.63. The van der Waals surface area contributed by atoms with E-state index in [0.29, 0.717) is 6.42 Å². The number of amides is 1. The predicted molar refractivity (Wildman–Crippen MR) is 105 cm³/mol. The standard InChI is InChI=1S/C15H27N5O.3ClH/c1-11(16)9-15(21)20-7-5-19(6-8-20)10-14-12(2)17-18(4)13(14)3;;;/h11H,5-10,16H2,1-4H3;3*1H. The van der Waals surface area contributed by atoms with Crippen molar-refractivity contribution in [2.24, 2.45) is 12.8 Å². The summed E-state index contributed by atoms with van der Waals surface area (Å²) in [5, 5.41) is 4.46. The fourth-order valence-corrected chi connectivity index (χ4v) is 2.83. The number of carbonyl (C=O) groups is 1. The Kier molecular flexibility index (Phi) is 11.9. The minimum atomic E-state index is -0.0591. The first-order chi connectivity index (χ1) is 9.88. The Hall–Kier alpha value is -0.530. The van der Waals surface area contributed by atoms with Crippen molar-refractivity contribution in [2.75, 3.05) is 26.2 Å². The van der Waals surface area contributed by atoms with Gasteiger partial charge in [-0.05, 0) is 20.8 Å². The molecule has 1 aliphatic heterocycles. The van der Waals surface area contributed by atoms with E-state index in [0.717, 1.165) is 38.4 Å². The number of carbonyl (C=O) groups excluding carboxylic acids is 1. The Balaban J connectivity index is 0. The zero-order chi connectivity index (χ0) is 15.6. The van der Waals surface area contributed by atoms with Crippen molar-refractivity contribution >= 4 is 43.1 Å². The van der Waals surface area contributed by atoms with Gasteiger partial charge in [-0.3, -0.25) is 14.4 Å². The highest BCUT2D eigenvalue weighted by atomic mass is 35.5. The maximum absolute atomic E-state index is 12.0. The number of hydrogen-bond donors (Lipinski definition) is 1. The van der Waals surface area contributed by atoms with E-state index < -0.39 is 0 Å². The predicted octanol–water partition coefficient (Wildman–Crippen LogP) is 1.68. The second-order valence-corrected chi connectivity index (χ2v) is 6.11. The Morgan fingerprint density at radius 1 is 1.17 bits per heavy atom. The van der Waals surface area contributed by atoms with Crippen LogP contribution in [0.2, 0.25) is 0 Å². The zero-order valence-electron chi connectivity index (χ0n) is 14.8. The highest BCUT2D eigenvalue weighted by molar-refractivity contribution is 5.86. The van der Waals surface area contributed by atoms with E-state index in [1.807, 2.05) is 23.6 Å². The topological polar surface area (TPSA) is 67.4 Å². The van der Waals surface area contributed by atoms with Gasteiger partial charge in [0.2, 0.25) is 5.91 Å². The van der Waals surface area contributed by atoms with Crippen LogP contribution in [0.1, 0.15) is 30.3 Å². The summed E-state index contributed by atoms with van der Waals surface area (Å²) < 4.78 is 1.94. The Bertz CT molecular complexity index is 513. The molecular weight excluding hydrogens is 373 g/mol. The molecule has 1 aromatic heterocycles. The summed E-state index contributed by atoms with van der Waals surface area (Å²) in [5.41, 5.74) is 9.34. The summed E-state index contributed by atoms with van der Waals surface area (Å²) in [6.07, 6.45) is 0.445. The zero-order valence-corrected chi connectivity index (χ0v) is 17.3. The average Bonchev–Trinajstić information content (AvgIpc) is 2.65. The van der Waals surface area contributed by atoms with E-state index in [1.54, 1.807) is 0 Å². The van der Waals surface area contributed by atoms with Gasteiger partial charge in [0, 0.05) is 63.5 Å². The van der Waals surface area contributed by atoms with Gasteiger partial charge in [-0.2, -0.15) is 5.10 Å². The lowest BCUT2D eigenvalue weighted by Crippen LogP contribution is -2.49. The van der Waals surface area contributed by atoms with Crippen molar-refractivity contribution in [3.05, 3.63) is 17.0 Å². The fraction of sp³-hybridized carbons (Fsp3) is 0.733. The van der Waals surface area contributed by atoms with Gasteiger partial charge in [0.1, 0.15) is 0 Å². The SMILES string of the molecule is Cc1nn(C)c(C)c1CN1CCN(C(=O)CC(C)N)CC1.Cl.Cl.Cl. The molecule has 1 atom stereocenters. The second kappa shape index (κ2) is 11.2. The van der Waals surface area contributed by atoms with Crippen molar-refractivity contribution < 1.29 is 4.79 Å². The molecular formula is C15H30Cl3N5O. The highest BCUT2D eigenvalue weighted by Crippen LogP contribution is 2.16. The average molecular weight is 403 g/mol. The van der Waals surface area contributed by atoms with Crippen LogP contribution in [0, 0.1) is 13.8 Å². The van der Waals surface area contributed by atoms with Crippen LogP contribution in [0.5, 0.6) is 0 Å². The first-order valence-electron chi connectivity index (χ1n) is 7.63. The lowest BCUT2D eigenvalue weighted by Gasteiger charge is -2.35. The molecule has 2 N–H and O–H groups in total. The molecule has 142 valence electrons. The van der Waals surface area contributed by atoms with Gasteiger partial charge in [0.05, 0.1) is 5.69 Å². The number of nitrogens with zero attached hydrogens (tertiary/aromatic N) is 4. The Morgan fingerprint density at radius 2 is 1.71 bits per heavy atom. The van der Waals surface area contributed by atoms with Crippen LogP contribution < -0.4 is 5.73 Å². The number of aromatic nitrogens is 2. The molecule has 2 rings (SSSR count). The molecule has 0 aromatic carbocycles. The van der Waals surface area contributed by atoms with Crippen molar-refractivity contribution in [1.29, 1.82) is 0 Å². The molecule has 0 radical (unpaired) electrons. The second-order valence-electron chi connectivity index (χ2n) is 6.11. The van der Waals surface area contributed by atoms with Crippen LogP contribution in [0.25, 0.3) is 0 Å². The van der Waals surface area contributed by atoms with Gasteiger partial charge in [-0.15, -0.1) is 37.2 Å². The normalized spacial score (nSPS) is 15.8. The fourth-order valence-electron chi connectivity index (χ4n) is 2.83. The molecule has 1 unspecified atom stereocenters. The summed E-state index contributed by atoms with van der Waals surface area (Å²) in [6, 6.07) is -0.0591. The van der Waals surface area contributed by atoms with Crippen LogP contribution in [0.3, 0.4) is 0 Å². The van der Waals surface area contributed by atoms with Crippen molar-refractivity contribution in [3.8, 4) is 0 Å². The minimum Gasteiger partial charge on any atom is -0.340 e. The van der Waals surface area contributed by atoms with Crippen LogP contribution in [0.15, 0.2) is 0 Å². The molecule has 0 aliphatic carbocycles. The van der Waals surface area contributed by atoms with Crippen LogP contribution in [0.4, 0.5) is 0 Å². The minimum absolute atomic E-state index is 0. The molecule has 0 bridgehead atoms. The van der Waals surface area contributed by atoms with Gasteiger partial charge in [0.15, 0.2) is 0 Å². The summed E-state index contributed by atoms with van der Waals surface area (Å²) in [6.45, 7) is 10.4. The number of hydrogen-bond acceptors (Lipinski definition) is 4. The summed E-state index contributed by atoms with van der Waals surface area (Å²) in [5.74, 6) is 0.179. The Morgan fingerprint density at radius 3 is 2.12 bits per heavy atom. The van der Waals surface area contributed by atoms with Crippen molar-refractivity contribution in [3.63, 3.8) is 0 Å². The molecule has 0 saturated carbocycles. The Labute approximate surface area is 163 Å². The van der Waals surface area contributed by atoms with Gasteiger partial charge >= 0.3 is 0 Å². The molecule has 1 saturated heterocycles. The van der Waals surface area contributed by atoms with E-state index in [4.69, 9.17) is 5.73 Å². The van der Waals surface area contributed by atoms with E-state index in [-0.39, 0.29) is 49.2 Å². The largest absolute Gasteiger partial charge is 0.340 e. The van der Waals surface area contributed by atoms with E-state index in [9.17, 15) is 4.79 Å². The molecule has 1 aliphatic rings. The number of aryl methyl sites for hydroxylation is 2. The molecule has 1 aromatic rings. The molecule has 1 fully saturated rings. The third-order valence-corrected chi connectivity index (χ3v) is 4.26. The number of piperazine rings is 1. The number of halogens is 3.